The summed E-state index contributed by atoms with van der Waals surface area (Å²) in [5.74, 6) is 1.27. The molecule has 17 heavy (non-hydrogen) atoms. The van der Waals surface area contributed by atoms with Gasteiger partial charge in [0.15, 0.2) is 11.5 Å². The fourth-order valence-electron chi connectivity index (χ4n) is 2.25. The van der Waals surface area contributed by atoms with Gasteiger partial charge in [0.2, 0.25) is 0 Å². The predicted molar refractivity (Wildman–Crippen MR) is 62.0 cm³/mol. The van der Waals surface area contributed by atoms with Crippen molar-refractivity contribution in [3.8, 4) is 11.5 Å². The minimum absolute atomic E-state index is 0.0589. The van der Waals surface area contributed by atoms with Crippen molar-refractivity contribution in [2.75, 3.05) is 13.1 Å². The molecule has 1 aromatic rings. The van der Waals surface area contributed by atoms with Gasteiger partial charge in [-0.05, 0) is 37.5 Å². The summed E-state index contributed by atoms with van der Waals surface area (Å²) in [6.45, 7) is 3.62. The molecule has 90 valence electrons. The van der Waals surface area contributed by atoms with E-state index in [2.05, 4.69) is 0 Å². The zero-order valence-electron chi connectivity index (χ0n) is 9.81. The van der Waals surface area contributed by atoms with Gasteiger partial charge in [0.1, 0.15) is 0 Å². The Morgan fingerprint density at radius 2 is 1.94 bits per heavy atom. The second-order valence-electron chi connectivity index (χ2n) is 4.55. The van der Waals surface area contributed by atoms with Crippen molar-refractivity contribution in [2.45, 2.75) is 26.1 Å². The van der Waals surface area contributed by atoms with Gasteiger partial charge >= 0.3 is 12.2 Å². The van der Waals surface area contributed by atoms with E-state index in [1.807, 2.05) is 30.0 Å². The molecule has 0 spiro atoms. The van der Waals surface area contributed by atoms with Crippen molar-refractivity contribution < 1.29 is 14.3 Å². The number of carbonyl (C=O) groups is 1. The van der Waals surface area contributed by atoms with Gasteiger partial charge < -0.3 is 14.4 Å². The zero-order valence-corrected chi connectivity index (χ0v) is 9.81. The van der Waals surface area contributed by atoms with Crippen molar-refractivity contribution >= 4 is 5.91 Å². The molecular formula is C13H15NO3. The first-order valence-corrected chi connectivity index (χ1v) is 5.97. The second-order valence-corrected chi connectivity index (χ2v) is 4.55. The fraction of sp³-hybridized carbons (Fsp3) is 0.462. The van der Waals surface area contributed by atoms with Crippen LogP contribution in [0.1, 0.15) is 18.4 Å². The van der Waals surface area contributed by atoms with Crippen LogP contribution in [0.4, 0.5) is 0 Å². The van der Waals surface area contributed by atoms with Gasteiger partial charge in [0.25, 0.3) is 0 Å². The van der Waals surface area contributed by atoms with Gasteiger partial charge in [-0.3, -0.25) is 4.79 Å². The molecular weight excluding hydrogens is 218 g/mol. The summed E-state index contributed by atoms with van der Waals surface area (Å²) in [5, 5.41) is 0. The van der Waals surface area contributed by atoms with Crippen molar-refractivity contribution in [3.63, 3.8) is 0 Å². The highest BCUT2D eigenvalue weighted by Gasteiger charge is 2.35. The molecule has 1 saturated heterocycles. The summed E-state index contributed by atoms with van der Waals surface area (Å²) in [6.07, 6.45) is 1.36. The Bertz CT molecular complexity index is 452. The topological polar surface area (TPSA) is 38.8 Å². The molecule has 0 aromatic heterocycles. The molecule has 1 amide bonds. The first-order valence-electron chi connectivity index (χ1n) is 5.97. The lowest BCUT2D eigenvalue weighted by Gasteiger charge is -2.18. The largest absolute Gasteiger partial charge is 0.442 e. The number of benzene rings is 1. The average Bonchev–Trinajstić information content (AvgIpc) is 2.96. The first-order chi connectivity index (χ1) is 8.24. The number of ether oxygens (including phenoxy) is 2. The van der Waals surface area contributed by atoms with E-state index in [1.165, 1.54) is 0 Å². The third-order valence-corrected chi connectivity index (χ3v) is 3.19. The van der Waals surface area contributed by atoms with Crippen molar-refractivity contribution in [1.82, 2.24) is 4.90 Å². The summed E-state index contributed by atoms with van der Waals surface area (Å²) in [7, 11) is 0. The highest BCUT2D eigenvalue weighted by Crippen LogP contribution is 2.35. The van der Waals surface area contributed by atoms with Crippen LogP contribution in [0.25, 0.3) is 0 Å². The smallest absolute Gasteiger partial charge is 0.321 e. The Hall–Kier alpha value is -1.71. The van der Waals surface area contributed by atoms with E-state index in [-0.39, 0.29) is 5.91 Å². The predicted octanol–water partition coefficient (Wildman–Crippen LogP) is 1.71. The molecule has 2 heterocycles. The Morgan fingerprint density at radius 1 is 1.24 bits per heavy atom. The van der Waals surface area contributed by atoms with Crippen LogP contribution in [0.15, 0.2) is 18.2 Å². The van der Waals surface area contributed by atoms with Gasteiger partial charge in [-0.25, -0.2) is 0 Å². The van der Waals surface area contributed by atoms with Crippen LogP contribution in [0.3, 0.4) is 0 Å². The van der Waals surface area contributed by atoms with Crippen molar-refractivity contribution in [1.29, 1.82) is 0 Å². The third kappa shape index (κ3) is 1.84. The van der Waals surface area contributed by atoms with Crippen molar-refractivity contribution in [3.05, 3.63) is 23.8 Å². The maximum Gasteiger partial charge on any atom is 0.321 e. The summed E-state index contributed by atoms with van der Waals surface area (Å²) < 4.78 is 11.1. The number of aryl methyl sites for hydroxylation is 1. The van der Waals surface area contributed by atoms with E-state index < -0.39 is 6.29 Å². The molecule has 3 rings (SSSR count). The normalized spacial score (nSPS) is 21.9. The quantitative estimate of drug-likeness (QED) is 0.741. The Kier molecular flexibility index (Phi) is 2.42. The fourth-order valence-corrected chi connectivity index (χ4v) is 2.25. The Balaban J connectivity index is 1.75. The number of nitrogens with zero attached hydrogens (tertiary/aromatic N) is 1. The van der Waals surface area contributed by atoms with Gasteiger partial charge in [0.05, 0.1) is 0 Å². The molecule has 0 N–H and O–H groups in total. The van der Waals surface area contributed by atoms with Crippen LogP contribution in [0.2, 0.25) is 0 Å². The number of carbonyl (C=O) groups excluding carboxylic acids is 1. The van der Waals surface area contributed by atoms with Crippen LogP contribution in [0, 0.1) is 6.92 Å². The number of rotatable bonds is 1. The minimum atomic E-state index is -0.787. The number of hydrogen-bond donors (Lipinski definition) is 0. The molecule has 1 fully saturated rings. The number of amides is 1. The summed E-state index contributed by atoms with van der Waals surface area (Å²) >= 11 is 0. The molecule has 1 atom stereocenters. The van der Waals surface area contributed by atoms with E-state index in [9.17, 15) is 4.79 Å². The van der Waals surface area contributed by atoms with Gasteiger partial charge in [-0.15, -0.1) is 0 Å². The van der Waals surface area contributed by atoms with Gasteiger partial charge in [-0.2, -0.15) is 0 Å². The molecule has 1 unspecified atom stereocenters. The van der Waals surface area contributed by atoms with E-state index >= 15 is 0 Å². The molecule has 0 bridgehead atoms. The maximum atomic E-state index is 12.1. The van der Waals surface area contributed by atoms with Crippen molar-refractivity contribution in [2.24, 2.45) is 0 Å². The van der Waals surface area contributed by atoms with Gasteiger partial charge in [-0.1, -0.05) is 6.07 Å². The molecule has 0 radical (unpaired) electrons. The minimum Gasteiger partial charge on any atom is -0.442 e. The lowest BCUT2D eigenvalue weighted by Crippen LogP contribution is -2.41. The first kappa shape index (κ1) is 10.4. The highest BCUT2D eigenvalue weighted by molar-refractivity contribution is 5.81. The zero-order chi connectivity index (χ0) is 11.8. The monoisotopic (exact) mass is 233 g/mol. The van der Waals surface area contributed by atoms with Crippen LogP contribution in [0.5, 0.6) is 11.5 Å². The van der Waals surface area contributed by atoms with Crippen LogP contribution in [-0.4, -0.2) is 30.2 Å². The molecule has 4 heteroatoms. The SMILES string of the molecule is Cc1ccc2c(c1)OC(C(=O)N1CCCC1)O2. The highest BCUT2D eigenvalue weighted by atomic mass is 16.7. The summed E-state index contributed by atoms with van der Waals surface area (Å²) in [4.78, 5) is 13.9. The van der Waals surface area contributed by atoms with E-state index in [1.54, 1.807) is 0 Å². The third-order valence-electron chi connectivity index (χ3n) is 3.19. The van der Waals surface area contributed by atoms with E-state index in [4.69, 9.17) is 9.47 Å². The number of fused-ring (bicyclic) bond motifs is 1. The van der Waals surface area contributed by atoms with Crippen LogP contribution >= 0.6 is 0 Å². The standard InChI is InChI=1S/C13H15NO3/c1-9-4-5-10-11(8-9)17-13(16-10)12(15)14-6-2-3-7-14/h4-5,8,13H,2-3,6-7H2,1H3. The molecule has 2 aliphatic heterocycles. The molecule has 0 aliphatic carbocycles. The maximum absolute atomic E-state index is 12.1. The summed E-state index contributed by atoms with van der Waals surface area (Å²) in [5.41, 5.74) is 1.10. The molecule has 4 nitrogen and oxygen atoms in total. The van der Waals surface area contributed by atoms with Gasteiger partial charge in [0, 0.05) is 13.1 Å². The molecule has 1 aromatic carbocycles. The lowest BCUT2D eigenvalue weighted by molar-refractivity contribution is -0.146. The second kappa shape index (κ2) is 3.95. The van der Waals surface area contributed by atoms with Crippen LogP contribution in [-0.2, 0) is 4.79 Å². The Morgan fingerprint density at radius 3 is 2.71 bits per heavy atom. The lowest BCUT2D eigenvalue weighted by atomic mass is 10.2. The number of hydrogen-bond acceptors (Lipinski definition) is 3. The molecule has 0 saturated carbocycles. The molecule has 2 aliphatic rings. The van der Waals surface area contributed by atoms with E-state index in [0.29, 0.717) is 11.5 Å². The average molecular weight is 233 g/mol. The Labute approximate surface area is 100 Å². The van der Waals surface area contributed by atoms with Crippen LogP contribution < -0.4 is 9.47 Å². The van der Waals surface area contributed by atoms with E-state index in [0.717, 1.165) is 31.5 Å². The number of likely N-dealkylation sites (tertiary alicyclic amines) is 1. The summed E-state index contributed by atoms with van der Waals surface area (Å²) in [6, 6.07) is 5.69.